The zero-order valence-electron chi connectivity index (χ0n) is 10.1. The number of nitrogens with one attached hydrogen (secondary N) is 1. The average Bonchev–Trinajstić information content (AvgIpc) is 2.42. The van der Waals surface area contributed by atoms with Gasteiger partial charge in [0.15, 0.2) is 0 Å². The number of carboxylic acids is 1. The third-order valence-electron chi connectivity index (χ3n) is 2.57. The predicted octanol–water partition coefficient (Wildman–Crippen LogP) is 4.05. The molecule has 0 aliphatic carbocycles. The first kappa shape index (κ1) is 14.6. The summed E-state index contributed by atoms with van der Waals surface area (Å²) in [5.74, 6) is -1.36. The maximum Gasteiger partial charge on any atom is 0.335 e. The number of carboxylic acid groups (broad SMARTS) is 1. The van der Waals surface area contributed by atoms with E-state index in [9.17, 15) is 9.59 Å². The zero-order valence-corrected chi connectivity index (χ0v) is 12.4. The molecule has 2 rings (SSSR count). The molecule has 0 atom stereocenters. The van der Waals surface area contributed by atoms with E-state index in [1.54, 1.807) is 18.2 Å². The lowest BCUT2D eigenvalue weighted by Crippen LogP contribution is -2.12. The highest BCUT2D eigenvalue weighted by molar-refractivity contribution is 9.10. The molecule has 0 aliphatic rings. The SMILES string of the molecule is O=C(O)c1ccc(C(=O)Nc2ccc(Cl)cc2Br)cc1. The summed E-state index contributed by atoms with van der Waals surface area (Å²) in [5.41, 5.74) is 1.09. The normalized spacial score (nSPS) is 10.1. The second kappa shape index (κ2) is 6.07. The summed E-state index contributed by atoms with van der Waals surface area (Å²) >= 11 is 9.12. The molecule has 2 N–H and O–H groups in total. The topological polar surface area (TPSA) is 66.4 Å². The van der Waals surface area contributed by atoms with Crippen LogP contribution in [0.1, 0.15) is 20.7 Å². The van der Waals surface area contributed by atoms with Crippen molar-refractivity contribution < 1.29 is 14.7 Å². The van der Waals surface area contributed by atoms with Gasteiger partial charge in [-0.1, -0.05) is 11.6 Å². The summed E-state index contributed by atoms with van der Waals surface area (Å²) in [4.78, 5) is 22.8. The van der Waals surface area contributed by atoms with Crippen molar-refractivity contribution >= 4 is 45.1 Å². The number of anilines is 1. The van der Waals surface area contributed by atoms with Crippen LogP contribution in [0.3, 0.4) is 0 Å². The summed E-state index contributed by atoms with van der Waals surface area (Å²) in [6.45, 7) is 0. The van der Waals surface area contributed by atoms with Gasteiger partial charge in [-0.2, -0.15) is 0 Å². The number of benzene rings is 2. The molecule has 0 aromatic heterocycles. The Morgan fingerprint density at radius 2 is 1.65 bits per heavy atom. The Morgan fingerprint density at radius 1 is 1.05 bits per heavy atom. The van der Waals surface area contributed by atoms with Crippen molar-refractivity contribution in [2.75, 3.05) is 5.32 Å². The molecule has 1 amide bonds. The molecule has 0 fully saturated rings. The summed E-state index contributed by atoms with van der Waals surface area (Å²) in [5, 5.41) is 12.1. The number of carbonyl (C=O) groups is 2. The minimum absolute atomic E-state index is 0.134. The fourth-order valence-electron chi connectivity index (χ4n) is 1.55. The second-order valence-corrected chi connectivity index (χ2v) is 5.25. The highest BCUT2D eigenvalue weighted by Gasteiger charge is 2.10. The standard InChI is InChI=1S/C14H9BrClNO3/c15-11-7-10(16)5-6-12(11)17-13(18)8-1-3-9(4-2-8)14(19)20/h1-7H,(H,17,18)(H,19,20). The number of hydrogen-bond acceptors (Lipinski definition) is 2. The Balaban J connectivity index is 2.17. The number of carbonyl (C=O) groups excluding carboxylic acids is 1. The molecule has 20 heavy (non-hydrogen) atoms. The molecule has 0 bridgehead atoms. The maximum absolute atomic E-state index is 12.0. The smallest absolute Gasteiger partial charge is 0.335 e. The van der Waals surface area contributed by atoms with E-state index in [0.717, 1.165) is 0 Å². The fraction of sp³-hybridized carbons (Fsp3) is 0. The van der Waals surface area contributed by atoms with Crippen LogP contribution in [-0.4, -0.2) is 17.0 Å². The molecule has 0 unspecified atom stereocenters. The van der Waals surface area contributed by atoms with Gasteiger partial charge in [-0.15, -0.1) is 0 Å². The molecule has 6 heteroatoms. The van der Waals surface area contributed by atoms with E-state index in [1.165, 1.54) is 24.3 Å². The van der Waals surface area contributed by atoms with E-state index >= 15 is 0 Å². The van der Waals surface area contributed by atoms with Crippen LogP contribution in [0.4, 0.5) is 5.69 Å². The molecular formula is C14H9BrClNO3. The Morgan fingerprint density at radius 3 is 2.20 bits per heavy atom. The Bertz CT molecular complexity index is 671. The van der Waals surface area contributed by atoms with Crippen LogP contribution in [0, 0.1) is 0 Å². The van der Waals surface area contributed by atoms with Gasteiger partial charge in [-0.05, 0) is 58.4 Å². The lowest BCUT2D eigenvalue weighted by Gasteiger charge is -2.08. The van der Waals surface area contributed by atoms with Crippen LogP contribution in [0.2, 0.25) is 5.02 Å². The second-order valence-electron chi connectivity index (χ2n) is 3.96. The van der Waals surface area contributed by atoms with Crippen molar-refractivity contribution in [1.29, 1.82) is 0 Å². The summed E-state index contributed by atoms with van der Waals surface area (Å²) in [6.07, 6.45) is 0. The van der Waals surface area contributed by atoms with Gasteiger partial charge in [-0.25, -0.2) is 4.79 Å². The van der Waals surface area contributed by atoms with E-state index in [1.807, 2.05) is 0 Å². The molecule has 0 heterocycles. The van der Waals surface area contributed by atoms with Gasteiger partial charge in [0.2, 0.25) is 0 Å². The van der Waals surface area contributed by atoms with E-state index in [2.05, 4.69) is 21.2 Å². The quantitative estimate of drug-likeness (QED) is 0.874. The van der Waals surface area contributed by atoms with E-state index in [4.69, 9.17) is 16.7 Å². The van der Waals surface area contributed by atoms with Crippen LogP contribution < -0.4 is 5.32 Å². The monoisotopic (exact) mass is 353 g/mol. The van der Waals surface area contributed by atoms with Gasteiger partial charge in [-0.3, -0.25) is 4.79 Å². The third-order valence-corrected chi connectivity index (χ3v) is 3.46. The van der Waals surface area contributed by atoms with Crippen LogP contribution in [0.25, 0.3) is 0 Å². The summed E-state index contributed by atoms with van der Waals surface area (Å²) < 4.78 is 0.667. The van der Waals surface area contributed by atoms with Gasteiger partial charge >= 0.3 is 5.97 Å². The van der Waals surface area contributed by atoms with E-state index < -0.39 is 5.97 Å². The molecule has 2 aromatic rings. The van der Waals surface area contributed by atoms with Crippen molar-refractivity contribution in [2.24, 2.45) is 0 Å². The molecular weight excluding hydrogens is 346 g/mol. The molecule has 0 saturated heterocycles. The minimum atomic E-state index is -1.03. The number of amides is 1. The molecule has 0 saturated carbocycles. The summed E-state index contributed by atoms with van der Waals surface area (Å²) in [6, 6.07) is 10.7. The molecule has 0 radical (unpaired) electrons. The van der Waals surface area contributed by atoms with Crippen LogP contribution >= 0.6 is 27.5 Å². The number of aromatic carboxylic acids is 1. The Labute approximate surface area is 128 Å². The third kappa shape index (κ3) is 3.37. The Kier molecular flexibility index (Phi) is 4.42. The van der Waals surface area contributed by atoms with Gasteiger partial charge in [0.05, 0.1) is 11.3 Å². The van der Waals surface area contributed by atoms with Crippen molar-refractivity contribution in [3.05, 3.63) is 63.1 Å². The van der Waals surface area contributed by atoms with Crippen molar-refractivity contribution in [1.82, 2.24) is 0 Å². The fourth-order valence-corrected chi connectivity index (χ4v) is 2.33. The van der Waals surface area contributed by atoms with E-state index in [0.29, 0.717) is 20.7 Å². The lowest BCUT2D eigenvalue weighted by molar-refractivity contribution is 0.0696. The van der Waals surface area contributed by atoms with E-state index in [-0.39, 0.29) is 11.5 Å². The zero-order chi connectivity index (χ0) is 14.7. The van der Waals surface area contributed by atoms with Crippen molar-refractivity contribution in [2.45, 2.75) is 0 Å². The largest absolute Gasteiger partial charge is 0.478 e. The van der Waals surface area contributed by atoms with Crippen LogP contribution in [0.5, 0.6) is 0 Å². The summed E-state index contributed by atoms with van der Waals surface area (Å²) in [7, 11) is 0. The van der Waals surface area contributed by atoms with Crippen LogP contribution in [-0.2, 0) is 0 Å². The van der Waals surface area contributed by atoms with Gasteiger partial charge in [0.25, 0.3) is 5.91 Å². The highest BCUT2D eigenvalue weighted by atomic mass is 79.9. The molecule has 102 valence electrons. The molecule has 2 aromatic carbocycles. The first-order chi connectivity index (χ1) is 9.47. The first-order valence-corrected chi connectivity index (χ1v) is 6.74. The average molecular weight is 355 g/mol. The number of halogens is 2. The molecule has 0 spiro atoms. The van der Waals surface area contributed by atoms with Gasteiger partial charge in [0.1, 0.15) is 0 Å². The lowest BCUT2D eigenvalue weighted by atomic mass is 10.1. The number of rotatable bonds is 3. The molecule has 4 nitrogen and oxygen atoms in total. The van der Waals surface area contributed by atoms with Crippen molar-refractivity contribution in [3.8, 4) is 0 Å². The number of hydrogen-bond donors (Lipinski definition) is 2. The van der Waals surface area contributed by atoms with Gasteiger partial charge in [0, 0.05) is 15.1 Å². The van der Waals surface area contributed by atoms with Crippen LogP contribution in [0.15, 0.2) is 46.9 Å². The minimum Gasteiger partial charge on any atom is -0.478 e. The van der Waals surface area contributed by atoms with Crippen molar-refractivity contribution in [3.63, 3.8) is 0 Å². The first-order valence-electron chi connectivity index (χ1n) is 5.57. The molecule has 0 aliphatic heterocycles. The van der Waals surface area contributed by atoms with Gasteiger partial charge < -0.3 is 10.4 Å². The maximum atomic E-state index is 12.0. The predicted molar refractivity (Wildman–Crippen MR) is 80.5 cm³/mol. The highest BCUT2D eigenvalue weighted by Crippen LogP contribution is 2.26. The Hall–Kier alpha value is -1.85.